The molecule has 10 heteroatoms. The number of nitrogens with zero attached hydrogens (tertiary/aromatic N) is 1. The number of carbonyl (C=O) groups is 2. The molecule has 2 aromatic rings. The summed E-state index contributed by atoms with van der Waals surface area (Å²) in [4.78, 5) is 24.0. The van der Waals surface area contributed by atoms with Gasteiger partial charge >= 0.3 is 5.97 Å². The lowest BCUT2D eigenvalue weighted by Crippen LogP contribution is -2.49. The largest absolute Gasteiger partial charge is 0.480 e. The fourth-order valence-electron chi connectivity index (χ4n) is 5.18. The first-order chi connectivity index (χ1) is 17.1. The van der Waals surface area contributed by atoms with Gasteiger partial charge in [0.05, 0.1) is 5.41 Å². The Labute approximate surface area is 210 Å². The highest BCUT2D eigenvalue weighted by atomic mass is 32.2. The number of ether oxygens (including phenoxy) is 1. The monoisotopic (exact) mass is 518 g/mol. The van der Waals surface area contributed by atoms with Crippen LogP contribution in [-0.2, 0) is 36.3 Å². The fraction of sp³-hybridized carbons (Fsp3) is 0.462. The third kappa shape index (κ3) is 5.16. The molecule has 8 nitrogen and oxygen atoms in total. The zero-order valence-electron chi connectivity index (χ0n) is 20.2. The minimum absolute atomic E-state index is 0.111. The number of halogens is 1. The molecule has 0 spiro atoms. The molecule has 0 bridgehead atoms. The van der Waals surface area contributed by atoms with Gasteiger partial charge in [-0.1, -0.05) is 42.5 Å². The molecule has 0 saturated carbocycles. The zero-order chi connectivity index (χ0) is 25.9. The lowest BCUT2D eigenvalue weighted by molar-refractivity contribution is -0.139. The van der Waals surface area contributed by atoms with Crippen LogP contribution in [0.15, 0.2) is 48.5 Å². The number of carbonyl (C=O) groups excluding carboxylic acids is 1. The van der Waals surface area contributed by atoms with Crippen LogP contribution in [-0.4, -0.2) is 55.5 Å². The molecule has 2 aliphatic heterocycles. The highest BCUT2D eigenvalue weighted by molar-refractivity contribution is 7.89. The molecule has 2 atom stereocenters. The van der Waals surface area contributed by atoms with Crippen LogP contribution in [0.2, 0.25) is 0 Å². The summed E-state index contributed by atoms with van der Waals surface area (Å²) in [6.07, 6.45) is 1.73. The van der Waals surface area contributed by atoms with Crippen LogP contribution in [0.25, 0.3) is 0 Å². The third-order valence-electron chi connectivity index (χ3n) is 7.31. The van der Waals surface area contributed by atoms with E-state index in [0.717, 1.165) is 5.56 Å². The second-order valence-electron chi connectivity index (χ2n) is 9.49. The maximum atomic E-state index is 15.4. The molecular weight excluding hydrogens is 487 g/mol. The van der Waals surface area contributed by atoms with E-state index < -0.39 is 44.9 Å². The van der Waals surface area contributed by atoms with Gasteiger partial charge in [-0.15, -0.1) is 0 Å². The van der Waals surface area contributed by atoms with Crippen molar-refractivity contribution < 1.29 is 32.2 Å². The lowest BCUT2D eigenvalue weighted by atomic mass is 9.73. The first kappa shape index (κ1) is 26.2. The van der Waals surface area contributed by atoms with Gasteiger partial charge in [0.25, 0.3) is 0 Å². The van der Waals surface area contributed by atoms with E-state index in [-0.39, 0.29) is 44.2 Å². The Kier molecular flexibility index (Phi) is 7.77. The Hall–Kier alpha value is -2.82. The maximum absolute atomic E-state index is 15.4. The van der Waals surface area contributed by atoms with Crippen molar-refractivity contribution in [1.82, 2.24) is 9.62 Å². The molecule has 2 heterocycles. The number of benzene rings is 2. The van der Waals surface area contributed by atoms with Crippen molar-refractivity contribution in [2.75, 3.05) is 19.8 Å². The van der Waals surface area contributed by atoms with Crippen LogP contribution in [0.4, 0.5) is 4.39 Å². The zero-order valence-corrected chi connectivity index (χ0v) is 21.0. The Morgan fingerprint density at radius 3 is 2.47 bits per heavy atom. The molecule has 2 unspecified atom stereocenters. The van der Waals surface area contributed by atoms with Gasteiger partial charge in [0.15, 0.2) is 0 Å². The fourth-order valence-corrected chi connectivity index (χ4v) is 7.37. The smallest absolute Gasteiger partial charge is 0.322 e. The minimum atomic E-state index is -3.72. The van der Waals surface area contributed by atoms with Crippen molar-refractivity contribution in [3.05, 3.63) is 71.0 Å². The Morgan fingerprint density at radius 1 is 1.14 bits per heavy atom. The first-order valence-electron chi connectivity index (χ1n) is 12.1. The molecule has 0 radical (unpaired) electrons. The van der Waals surface area contributed by atoms with Gasteiger partial charge < -0.3 is 15.2 Å². The first-order valence-corrected chi connectivity index (χ1v) is 13.6. The summed E-state index contributed by atoms with van der Waals surface area (Å²) in [5.74, 6) is -2.26. The van der Waals surface area contributed by atoms with E-state index in [2.05, 4.69) is 5.32 Å². The Balaban J connectivity index is 1.61. The van der Waals surface area contributed by atoms with Crippen LogP contribution < -0.4 is 5.32 Å². The molecule has 2 aromatic carbocycles. The maximum Gasteiger partial charge on any atom is 0.322 e. The van der Waals surface area contributed by atoms with Gasteiger partial charge in [-0.05, 0) is 49.8 Å². The van der Waals surface area contributed by atoms with Gasteiger partial charge in [0.2, 0.25) is 15.9 Å². The topological polar surface area (TPSA) is 113 Å². The summed E-state index contributed by atoms with van der Waals surface area (Å²) in [7, 11) is -3.72. The summed E-state index contributed by atoms with van der Waals surface area (Å²) in [5, 5.41) is 10.7. The average molecular weight is 519 g/mol. The highest BCUT2D eigenvalue weighted by Crippen LogP contribution is 2.39. The molecular formula is C26H31FN2O6S. The molecule has 2 saturated heterocycles. The van der Waals surface area contributed by atoms with Gasteiger partial charge in [0, 0.05) is 31.4 Å². The van der Waals surface area contributed by atoms with Crippen molar-refractivity contribution in [2.24, 2.45) is 0 Å². The molecule has 2 N–H and O–H groups in total. The number of hydrogen-bond donors (Lipinski definition) is 2. The predicted molar refractivity (Wildman–Crippen MR) is 131 cm³/mol. The number of amides is 1. The highest BCUT2D eigenvalue weighted by Gasteiger charge is 2.43. The van der Waals surface area contributed by atoms with E-state index in [0.29, 0.717) is 18.4 Å². The molecule has 0 aromatic heterocycles. The van der Waals surface area contributed by atoms with E-state index >= 15 is 4.39 Å². The van der Waals surface area contributed by atoms with Gasteiger partial charge in [-0.25, -0.2) is 12.8 Å². The van der Waals surface area contributed by atoms with Crippen LogP contribution >= 0.6 is 0 Å². The van der Waals surface area contributed by atoms with Crippen molar-refractivity contribution in [3.63, 3.8) is 0 Å². The average Bonchev–Trinajstić information content (AvgIpc) is 2.86. The Bertz CT molecular complexity index is 1210. The number of carboxylic acids is 1. The second-order valence-corrected chi connectivity index (χ2v) is 11.6. The molecule has 194 valence electrons. The standard InChI is InChI=1S/C26H31FN2O6S/c1-18-7-10-23(19-5-3-2-4-6-19)36(33,34)29(18)17-20-8-9-21(15-22(20)27)26(11-13-35-14-12-26)25(32)28-16-24(30)31/h2-6,8-9,15,18,23H,7,10-14,16-17H2,1H3,(H,28,32)(H,30,31). The van der Waals surface area contributed by atoms with E-state index in [9.17, 15) is 18.0 Å². The molecule has 1 amide bonds. The van der Waals surface area contributed by atoms with E-state index in [1.807, 2.05) is 25.1 Å². The summed E-state index contributed by atoms with van der Waals surface area (Å²) < 4.78 is 49.2. The van der Waals surface area contributed by atoms with Crippen molar-refractivity contribution in [3.8, 4) is 0 Å². The minimum Gasteiger partial charge on any atom is -0.480 e. The van der Waals surface area contributed by atoms with Crippen molar-refractivity contribution >= 4 is 21.9 Å². The molecule has 0 aliphatic carbocycles. The predicted octanol–water partition coefficient (Wildman–Crippen LogP) is 3.13. The van der Waals surface area contributed by atoms with E-state index in [4.69, 9.17) is 9.84 Å². The van der Waals surface area contributed by atoms with Gasteiger partial charge in [-0.2, -0.15) is 4.31 Å². The van der Waals surface area contributed by atoms with Crippen LogP contribution in [0.5, 0.6) is 0 Å². The molecule has 4 rings (SSSR count). The quantitative estimate of drug-likeness (QED) is 0.582. The second kappa shape index (κ2) is 10.7. The van der Waals surface area contributed by atoms with Gasteiger partial charge in [-0.3, -0.25) is 9.59 Å². The van der Waals surface area contributed by atoms with E-state index in [1.165, 1.54) is 16.4 Å². The van der Waals surface area contributed by atoms with Crippen LogP contribution in [0.1, 0.15) is 54.5 Å². The third-order valence-corrected chi connectivity index (χ3v) is 9.68. The van der Waals surface area contributed by atoms with E-state index in [1.54, 1.807) is 18.2 Å². The van der Waals surface area contributed by atoms with Gasteiger partial charge in [0.1, 0.15) is 17.6 Å². The summed E-state index contributed by atoms with van der Waals surface area (Å²) in [6, 6.07) is 13.2. The number of carboxylic acid groups (broad SMARTS) is 1. The normalized spacial score (nSPS) is 23.6. The number of hydrogen-bond acceptors (Lipinski definition) is 5. The number of rotatable bonds is 7. The summed E-state index contributed by atoms with van der Waals surface area (Å²) >= 11 is 0. The van der Waals surface area contributed by atoms with Crippen molar-refractivity contribution in [2.45, 2.75) is 55.9 Å². The number of sulfonamides is 1. The summed E-state index contributed by atoms with van der Waals surface area (Å²) in [6.45, 7) is 1.76. The number of nitrogens with one attached hydrogen (secondary N) is 1. The van der Waals surface area contributed by atoms with Crippen LogP contribution in [0.3, 0.4) is 0 Å². The Morgan fingerprint density at radius 2 is 1.83 bits per heavy atom. The van der Waals surface area contributed by atoms with Crippen molar-refractivity contribution in [1.29, 1.82) is 0 Å². The lowest BCUT2D eigenvalue weighted by Gasteiger charge is -2.38. The SMILES string of the molecule is CC1CCC(c2ccccc2)S(=O)(=O)N1Cc1ccc(C2(C(=O)NCC(=O)O)CCOCC2)cc1F. The summed E-state index contributed by atoms with van der Waals surface area (Å²) in [5.41, 5.74) is 0.248. The molecule has 36 heavy (non-hydrogen) atoms. The van der Waals surface area contributed by atoms with Crippen LogP contribution in [0, 0.1) is 5.82 Å². The molecule has 2 aliphatic rings. The number of aliphatic carboxylic acids is 1. The molecule has 2 fully saturated rings.